The van der Waals surface area contributed by atoms with Gasteiger partial charge in [0, 0.05) is 16.3 Å². The number of nitrogen functional groups attached to an aromatic ring is 1. The lowest BCUT2D eigenvalue weighted by Crippen LogP contribution is -1.93. The van der Waals surface area contributed by atoms with Gasteiger partial charge in [0.25, 0.3) is 0 Å². The molecule has 0 aliphatic heterocycles. The zero-order valence-corrected chi connectivity index (χ0v) is 9.54. The van der Waals surface area contributed by atoms with Crippen molar-refractivity contribution in [3.05, 3.63) is 71.3 Å². The lowest BCUT2D eigenvalue weighted by atomic mass is 9.98. The number of benzene rings is 2. The van der Waals surface area contributed by atoms with Crippen LogP contribution in [0.4, 0.5) is 5.69 Å². The van der Waals surface area contributed by atoms with Gasteiger partial charge in [-0.1, -0.05) is 48.5 Å². The van der Waals surface area contributed by atoms with Gasteiger partial charge in [-0.3, -0.25) is 0 Å². The highest BCUT2D eigenvalue weighted by Crippen LogP contribution is 2.26. The van der Waals surface area contributed by atoms with Crippen LogP contribution >= 0.6 is 11.6 Å². The van der Waals surface area contributed by atoms with Crippen LogP contribution in [0.25, 0.3) is 5.57 Å². The fraction of sp³-hybridized carbons (Fsp3) is 0. The number of nitrogens with two attached hydrogens (primary N) is 1. The van der Waals surface area contributed by atoms with Gasteiger partial charge in [-0.2, -0.15) is 0 Å². The molecule has 0 bridgehead atoms. The molecule has 0 spiro atoms. The molecule has 0 saturated carbocycles. The van der Waals surface area contributed by atoms with E-state index in [1.54, 1.807) is 0 Å². The predicted octanol–water partition coefficient (Wildman–Crippen LogP) is 3.98. The van der Waals surface area contributed by atoms with E-state index in [9.17, 15) is 0 Å². The average molecular weight is 230 g/mol. The molecule has 2 heteroatoms. The minimum atomic E-state index is 0.720. The first-order valence-corrected chi connectivity index (χ1v) is 5.36. The van der Waals surface area contributed by atoms with E-state index in [4.69, 9.17) is 17.3 Å². The van der Waals surface area contributed by atoms with Gasteiger partial charge in [0.1, 0.15) is 0 Å². The van der Waals surface area contributed by atoms with Crippen LogP contribution in [-0.4, -0.2) is 0 Å². The molecule has 2 aromatic rings. The number of halogens is 1. The minimum Gasteiger partial charge on any atom is -0.398 e. The smallest absolute Gasteiger partial charge is 0.0406 e. The van der Waals surface area contributed by atoms with Crippen molar-refractivity contribution in [2.24, 2.45) is 0 Å². The Bertz CT molecular complexity index is 515. The maximum absolute atomic E-state index is 5.90. The van der Waals surface area contributed by atoms with Gasteiger partial charge in [-0.15, -0.1) is 0 Å². The molecule has 0 unspecified atom stereocenters. The Kier molecular flexibility index (Phi) is 2.97. The lowest BCUT2D eigenvalue weighted by Gasteiger charge is -2.09. The largest absolute Gasteiger partial charge is 0.398 e. The van der Waals surface area contributed by atoms with Crippen LogP contribution < -0.4 is 5.73 Å². The molecule has 0 heterocycles. The summed E-state index contributed by atoms with van der Waals surface area (Å²) in [5.74, 6) is 0. The van der Waals surface area contributed by atoms with Gasteiger partial charge in [-0.05, 0) is 29.3 Å². The highest BCUT2D eigenvalue weighted by Gasteiger charge is 2.04. The second-order valence-electron chi connectivity index (χ2n) is 3.57. The highest BCUT2D eigenvalue weighted by molar-refractivity contribution is 6.30. The van der Waals surface area contributed by atoms with Crippen molar-refractivity contribution >= 4 is 22.9 Å². The molecule has 1 nitrogen and oxygen atoms in total. The van der Waals surface area contributed by atoms with Crippen LogP contribution in [0.1, 0.15) is 11.1 Å². The summed E-state index contributed by atoms with van der Waals surface area (Å²) < 4.78 is 0. The zero-order valence-electron chi connectivity index (χ0n) is 8.78. The summed E-state index contributed by atoms with van der Waals surface area (Å²) in [5, 5.41) is 0.720. The van der Waals surface area contributed by atoms with Crippen molar-refractivity contribution in [3.8, 4) is 0 Å². The third-order valence-corrected chi connectivity index (χ3v) is 2.73. The number of hydrogen-bond donors (Lipinski definition) is 1. The van der Waals surface area contributed by atoms with Gasteiger partial charge >= 0.3 is 0 Å². The molecule has 0 radical (unpaired) electrons. The maximum atomic E-state index is 5.90. The van der Waals surface area contributed by atoms with Crippen LogP contribution in [-0.2, 0) is 0 Å². The fourth-order valence-electron chi connectivity index (χ4n) is 1.58. The number of para-hydroxylation sites is 1. The van der Waals surface area contributed by atoms with Gasteiger partial charge in [0.05, 0.1) is 0 Å². The molecule has 2 rings (SSSR count). The second-order valence-corrected chi connectivity index (χ2v) is 4.01. The first-order chi connectivity index (χ1) is 7.68. The Balaban J connectivity index is 2.40. The number of rotatable bonds is 2. The summed E-state index contributed by atoms with van der Waals surface area (Å²) in [6, 6.07) is 15.3. The van der Waals surface area contributed by atoms with Crippen molar-refractivity contribution in [2.45, 2.75) is 0 Å². The molecule has 0 atom stereocenters. The molecule has 16 heavy (non-hydrogen) atoms. The van der Waals surface area contributed by atoms with E-state index in [0.29, 0.717) is 0 Å². The van der Waals surface area contributed by atoms with E-state index in [1.807, 2.05) is 48.5 Å². The van der Waals surface area contributed by atoms with Crippen LogP contribution in [0.5, 0.6) is 0 Å². The summed E-state index contributed by atoms with van der Waals surface area (Å²) >= 11 is 5.84. The third kappa shape index (κ3) is 2.10. The monoisotopic (exact) mass is 229 g/mol. The van der Waals surface area contributed by atoms with E-state index in [0.717, 1.165) is 27.4 Å². The summed E-state index contributed by atoms with van der Waals surface area (Å²) in [5.41, 5.74) is 9.54. The molecule has 0 aromatic heterocycles. The zero-order chi connectivity index (χ0) is 11.5. The highest BCUT2D eigenvalue weighted by atomic mass is 35.5. The van der Waals surface area contributed by atoms with Crippen LogP contribution in [0, 0.1) is 0 Å². The van der Waals surface area contributed by atoms with Crippen LogP contribution in [0.2, 0.25) is 5.02 Å². The van der Waals surface area contributed by atoms with Gasteiger partial charge in [-0.25, -0.2) is 0 Å². The summed E-state index contributed by atoms with van der Waals surface area (Å²) in [4.78, 5) is 0. The van der Waals surface area contributed by atoms with Crippen molar-refractivity contribution < 1.29 is 0 Å². The van der Waals surface area contributed by atoms with E-state index < -0.39 is 0 Å². The normalized spacial score (nSPS) is 10.1. The van der Waals surface area contributed by atoms with Crippen molar-refractivity contribution in [1.82, 2.24) is 0 Å². The molecule has 80 valence electrons. The number of hydrogen-bond acceptors (Lipinski definition) is 1. The fourth-order valence-corrected chi connectivity index (χ4v) is 1.70. The van der Waals surface area contributed by atoms with Crippen molar-refractivity contribution in [2.75, 3.05) is 5.73 Å². The molecule has 0 aliphatic carbocycles. The molecular weight excluding hydrogens is 218 g/mol. The SMILES string of the molecule is C=C(c1ccc(Cl)cc1)c1ccccc1N. The second kappa shape index (κ2) is 4.42. The van der Waals surface area contributed by atoms with Crippen LogP contribution in [0.3, 0.4) is 0 Å². The molecule has 0 saturated heterocycles. The van der Waals surface area contributed by atoms with Crippen LogP contribution in [0.15, 0.2) is 55.1 Å². The quantitative estimate of drug-likeness (QED) is 0.775. The minimum absolute atomic E-state index is 0.720. The van der Waals surface area contributed by atoms with E-state index in [1.165, 1.54) is 0 Å². The van der Waals surface area contributed by atoms with Gasteiger partial charge in [0.15, 0.2) is 0 Å². The molecule has 0 fully saturated rings. The van der Waals surface area contributed by atoms with E-state index >= 15 is 0 Å². The van der Waals surface area contributed by atoms with Gasteiger partial charge in [0.2, 0.25) is 0 Å². The Morgan fingerprint density at radius 2 is 1.62 bits per heavy atom. The number of anilines is 1. The molecule has 0 aliphatic rings. The standard InChI is InChI=1S/C14H12ClN/c1-10(11-6-8-12(15)9-7-11)13-4-2-3-5-14(13)16/h2-9H,1,16H2. The topological polar surface area (TPSA) is 26.0 Å². The molecule has 0 amide bonds. The molecular formula is C14H12ClN. The third-order valence-electron chi connectivity index (χ3n) is 2.48. The first-order valence-electron chi connectivity index (χ1n) is 4.98. The molecule has 2 aromatic carbocycles. The molecule has 2 N–H and O–H groups in total. The summed E-state index contributed by atoms with van der Waals surface area (Å²) in [6.07, 6.45) is 0. The van der Waals surface area contributed by atoms with E-state index in [-0.39, 0.29) is 0 Å². The average Bonchev–Trinajstić information content (AvgIpc) is 2.30. The van der Waals surface area contributed by atoms with Crippen molar-refractivity contribution in [3.63, 3.8) is 0 Å². The lowest BCUT2D eigenvalue weighted by molar-refractivity contribution is 1.55. The predicted molar refractivity (Wildman–Crippen MR) is 70.4 cm³/mol. The van der Waals surface area contributed by atoms with E-state index in [2.05, 4.69) is 6.58 Å². The Labute approximate surface area is 100 Å². The Hall–Kier alpha value is -1.73. The van der Waals surface area contributed by atoms with Gasteiger partial charge < -0.3 is 5.73 Å². The Morgan fingerprint density at radius 1 is 1.00 bits per heavy atom. The summed E-state index contributed by atoms with van der Waals surface area (Å²) in [6.45, 7) is 4.06. The Morgan fingerprint density at radius 3 is 2.25 bits per heavy atom. The first kappa shape index (κ1) is 10.8. The maximum Gasteiger partial charge on any atom is 0.0406 e. The summed E-state index contributed by atoms with van der Waals surface area (Å²) in [7, 11) is 0. The van der Waals surface area contributed by atoms with Crippen molar-refractivity contribution in [1.29, 1.82) is 0 Å².